The number of benzene rings is 2. The third-order valence-electron chi connectivity index (χ3n) is 4.41. The molecule has 0 spiro atoms. The number of nitrogens with two attached hydrogens (primary N) is 1. The zero-order valence-corrected chi connectivity index (χ0v) is 20.2. The van der Waals surface area contributed by atoms with Crippen molar-refractivity contribution in [3.8, 4) is 0 Å². The van der Waals surface area contributed by atoms with Gasteiger partial charge in [-0.25, -0.2) is 23.7 Å². The van der Waals surface area contributed by atoms with Gasteiger partial charge in [0.05, 0.1) is 29.3 Å². The Balaban J connectivity index is 2.20. The summed E-state index contributed by atoms with van der Waals surface area (Å²) >= 11 is 0.906. The summed E-state index contributed by atoms with van der Waals surface area (Å²) in [5, 5.41) is 29.1. The van der Waals surface area contributed by atoms with Crippen LogP contribution in [-0.2, 0) is 45.6 Å². The smallest absolute Gasteiger partial charge is 0.316 e. The average Bonchev–Trinajstić information content (AvgIpc) is 2.81. The van der Waals surface area contributed by atoms with Crippen LogP contribution in [0.5, 0.6) is 0 Å². The van der Waals surface area contributed by atoms with Crippen LogP contribution in [0.4, 0.5) is 16.2 Å². The number of amides is 2. The van der Waals surface area contributed by atoms with Crippen LogP contribution in [0, 0.1) is 0 Å². The highest BCUT2D eigenvalue weighted by Gasteiger charge is 2.18. The Morgan fingerprint density at radius 1 is 1.06 bits per heavy atom. The molecule has 34 heavy (non-hydrogen) atoms. The Labute approximate surface area is 204 Å². The number of sulfone groups is 1. The van der Waals surface area contributed by atoms with Crippen LogP contribution in [0.3, 0.4) is 0 Å². The maximum Gasteiger partial charge on any atom is 0.316 e. The number of primary amides is 1. The fourth-order valence-corrected chi connectivity index (χ4v) is 4.92. The molecule has 0 aliphatic heterocycles. The summed E-state index contributed by atoms with van der Waals surface area (Å²) < 4.78 is 38.5. The van der Waals surface area contributed by atoms with Crippen LogP contribution in [0.1, 0.15) is 11.1 Å². The number of carbonyl (C=O) groups is 1. The van der Waals surface area contributed by atoms with Crippen molar-refractivity contribution in [1.82, 2.24) is 0 Å². The van der Waals surface area contributed by atoms with Gasteiger partial charge in [0.1, 0.15) is 0 Å². The number of hydrogen-bond donors (Lipinski definition) is 5. The molecule has 0 heterocycles. The van der Waals surface area contributed by atoms with Crippen LogP contribution >= 0.6 is 24.4 Å². The van der Waals surface area contributed by atoms with E-state index in [-0.39, 0.29) is 29.6 Å². The lowest BCUT2D eigenvalue weighted by Crippen LogP contribution is -2.20. The van der Waals surface area contributed by atoms with Gasteiger partial charge in [0.15, 0.2) is 22.2 Å². The molecule has 0 radical (unpaired) electrons. The molecule has 0 atom stereocenters. The molecule has 2 aromatic rings. The molecule has 0 bridgehead atoms. The van der Waals surface area contributed by atoms with Gasteiger partial charge in [0.25, 0.3) is 0 Å². The third kappa shape index (κ3) is 8.91. The molecule has 188 valence electrons. The quantitative estimate of drug-likeness (QED) is 0.0965. The topological polar surface area (TPSA) is 188 Å². The van der Waals surface area contributed by atoms with E-state index in [0.29, 0.717) is 41.0 Å². The summed E-state index contributed by atoms with van der Waals surface area (Å²) in [5.74, 6) is -0.379. The monoisotopic (exact) mass is 537 g/mol. The van der Waals surface area contributed by atoms with Gasteiger partial charge in [-0.2, -0.15) is 0 Å². The normalized spacial score (nSPS) is 11.4. The van der Waals surface area contributed by atoms with Gasteiger partial charge < -0.3 is 16.4 Å². The fourth-order valence-electron chi connectivity index (χ4n) is 2.86. The van der Waals surface area contributed by atoms with Gasteiger partial charge in [-0.3, -0.25) is 4.18 Å². The summed E-state index contributed by atoms with van der Waals surface area (Å²) in [6.45, 7) is -0.241. The molecule has 16 heteroatoms. The second kappa shape index (κ2) is 14.3. The molecule has 0 aliphatic carbocycles. The molecule has 0 unspecified atom stereocenters. The minimum absolute atomic E-state index is 0.0114. The number of anilines is 2. The zero-order valence-electron chi connectivity index (χ0n) is 17.8. The SMILES string of the molecule is CNc1ccc(CCc2ccc(S(=O)(=O)CCOSOOO)cc2SOOO)c(NC(N)=O)c1. The summed E-state index contributed by atoms with van der Waals surface area (Å²) in [7, 11) is -2.00. The number of hydrogen-bond acceptors (Lipinski definition) is 13. The van der Waals surface area contributed by atoms with E-state index < -0.39 is 15.9 Å². The standard InChI is InChI=1S/C18H23N3O10S3/c1-20-14-6-4-12(16(10-14)21-18(19)22)2-3-13-5-7-15(11-17(13)32-30-28-23)34(25,26)9-8-27-33-31-29-24/h4-7,10-11,20,23-24H,2-3,8-9H2,1H3,(H3,19,21,22). The van der Waals surface area contributed by atoms with Crippen LogP contribution in [0.2, 0.25) is 0 Å². The van der Waals surface area contributed by atoms with Gasteiger partial charge in [0, 0.05) is 23.3 Å². The van der Waals surface area contributed by atoms with E-state index in [1.807, 2.05) is 12.1 Å². The average molecular weight is 538 g/mol. The molecule has 6 N–H and O–H groups in total. The molecule has 13 nitrogen and oxygen atoms in total. The summed E-state index contributed by atoms with van der Waals surface area (Å²) in [4.78, 5) is 11.7. The Morgan fingerprint density at radius 2 is 1.76 bits per heavy atom. The molecule has 2 aromatic carbocycles. The van der Waals surface area contributed by atoms with E-state index in [4.69, 9.17) is 20.4 Å². The summed E-state index contributed by atoms with van der Waals surface area (Å²) in [5.41, 5.74) is 8.09. The van der Waals surface area contributed by atoms with Crippen molar-refractivity contribution in [2.75, 3.05) is 30.0 Å². The first-order valence-corrected chi connectivity index (χ1v) is 12.5. The molecule has 0 saturated carbocycles. The second-order valence-corrected chi connectivity index (χ2v) is 9.82. The van der Waals surface area contributed by atoms with Crippen molar-refractivity contribution in [3.05, 3.63) is 47.5 Å². The van der Waals surface area contributed by atoms with E-state index in [1.165, 1.54) is 12.1 Å². The summed E-state index contributed by atoms with van der Waals surface area (Å²) in [6, 6.07) is 9.13. The van der Waals surface area contributed by atoms with Crippen LogP contribution in [0.25, 0.3) is 0 Å². The Hall–Kier alpha value is -2.12. The van der Waals surface area contributed by atoms with Crippen molar-refractivity contribution in [2.45, 2.75) is 22.6 Å². The predicted octanol–water partition coefficient (Wildman–Crippen LogP) is 3.21. The fraction of sp³-hybridized carbons (Fsp3) is 0.278. The predicted molar refractivity (Wildman–Crippen MR) is 124 cm³/mol. The highest BCUT2D eigenvalue weighted by molar-refractivity contribution is 7.94. The van der Waals surface area contributed by atoms with E-state index >= 15 is 0 Å². The highest BCUT2D eigenvalue weighted by atomic mass is 32.2. The molecule has 0 aliphatic rings. The summed E-state index contributed by atoms with van der Waals surface area (Å²) in [6.07, 6.45) is 0.902. The molecule has 0 fully saturated rings. The van der Waals surface area contributed by atoms with Crippen molar-refractivity contribution in [1.29, 1.82) is 0 Å². The number of aryl methyl sites for hydroxylation is 2. The van der Waals surface area contributed by atoms with Crippen molar-refractivity contribution in [3.63, 3.8) is 0 Å². The first-order chi connectivity index (χ1) is 16.3. The van der Waals surface area contributed by atoms with Gasteiger partial charge in [-0.1, -0.05) is 22.2 Å². The van der Waals surface area contributed by atoms with E-state index in [0.717, 1.165) is 11.3 Å². The molecule has 0 aromatic heterocycles. The number of carbonyl (C=O) groups excluding carboxylic acids is 1. The number of urea groups is 1. The van der Waals surface area contributed by atoms with Gasteiger partial charge >= 0.3 is 6.03 Å². The van der Waals surface area contributed by atoms with Gasteiger partial charge in [-0.05, 0) is 48.2 Å². The van der Waals surface area contributed by atoms with Gasteiger partial charge in [-0.15, -0.1) is 8.67 Å². The Kier molecular flexibility index (Phi) is 11.8. The molecule has 0 saturated heterocycles. The minimum Gasteiger partial charge on any atom is -0.388 e. The molecular weight excluding hydrogens is 514 g/mol. The lowest BCUT2D eigenvalue weighted by molar-refractivity contribution is -0.434. The number of nitrogens with one attached hydrogen (secondary N) is 2. The molecule has 2 amide bonds. The van der Waals surface area contributed by atoms with Crippen LogP contribution in [0.15, 0.2) is 46.2 Å². The van der Waals surface area contributed by atoms with E-state index in [9.17, 15) is 13.2 Å². The zero-order chi connectivity index (χ0) is 25.0. The van der Waals surface area contributed by atoms with Crippen molar-refractivity contribution < 1.29 is 46.7 Å². The Morgan fingerprint density at radius 3 is 2.44 bits per heavy atom. The van der Waals surface area contributed by atoms with Crippen molar-refractivity contribution >= 4 is 51.6 Å². The van der Waals surface area contributed by atoms with Gasteiger partial charge in [0.2, 0.25) is 0 Å². The largest absolute Gasteiger partial charge is 0.388 e. The second-order valence-electron chi connectivity index (χ2n) is 6.46. The van der Waals surface area contributed by atoms with E-state index in [2.05, 4.69) is 29.4 Å². The Bertz CT molecular complexity index is 1060. The van der Waals surface area contributed by atoms with Crippen molar-refractivity contribution in [2.24, 2.45) is 5.73 Å². The maximum absolute atomic E-state index is 12.6. The lowest BCUT2D eigenvalue weighted by atomic mass is 10.0. The first-order valence-electron chi connectivity index (χ1n) is 9.44. The molecular formula is C18H23N3O10S3. The lowest BCUT2D eigenvalue weighted by Gasteiger charge is -2.14. The van der Waals surface area contributed by atoms with Crippen LogP contribution < -0.4 is 16.4 Å². The van der Waals surface area contributed by atoms with Crippen LogP contribution in [-0.4, -0.2) is 44.4 Å². The first kappa shape index (κ1) is 28.1. The third-order valence-corrected chi connectivity index (χ3v) is 7.16. The highest BCUT2D eigenvalue weighted by Crippen LogP contribution is 2.30. The molecule has 2 rings (SSSR count). The van der Waals surface area contributed by atoms with E-state index in [1.54, 1.807) is 19.2 Å². The maximum atomic E-state index is 12.6. The number of rotatable bonds is 15. The minimum atomic E-state index is -3.74.